The zero-order chi connectivity index (χ0) is 17.2. The van der Waals surface area contributed by atoms with Crippen molar-refractivity contribution in [2.45, 2.75) is 38.1 Å². The second kappa shape index (κ2) is 7.01. The highest BCUT2D eigenvalue weighted by molar-refractivity contribution is 6.28. The number of aliphatic hydroxyl groups is 1. The van der Waals surface area contributed by atoms with Crippen molar-refractivity contribution in [3.8, 4) is 0 Å². The number of anilines is 2. The number of rotatable bonds is 5. The quantitative estimate of drug-likeness (QED) is 0.728. The van der Waals surface area contributed by atoms with Crippen LogP contribution >= 0.6 is 11.6 Å². The molecule has 2 N–H and O–H groups in total. The van der Waals surface area contributed by atoms with E-state index in [1.54, 1.807) is 4.52 Å². The first-order chi connectivity index (χ1) is 12.2. The molecular formula is C17H21ClN6O. The molecular weight excluding hydrogens is 340 g/mol. The van der Waals surface area contributed by atoms with Gasteiger partial charge in [0.05, 0.1) is 6.33 Å². The Bertz CT molecular complexity index is 852. The largest absolute Gasteiger partial charge is 0.396 e. The van der Waals surface area contributed by atoms with Gasteiger partial charge in [-0.1, -0.05) is 0 Å². The minimum atomic E-state index is 0.188. The van der Waals surface area contributed by atoms with E-state index in [2.05, 4.69) is 25.0 Å². The summed E-state index contributed by atoms with van der Waals surface area (Å²) in [5.74, 6) is 2.05. The molecule has 0 saturated heterocycles. The Morgan fingerprint density at radius 3 is 2.92 bits per heavy atom. The molecule has 3 heterocycles. The van der Waals surface area contributed by atoms with Crippen LogP contribution in [0.5, 0.6) is 0 Å². The summed E-state index contributed by atoms with van der Waals surface area (Å²) in [6.45, 7) is 0.296. The number of aliphatic hydroxyl groups excluding tert-OH is 1. The van der Waals surface area contributed by atoms with Gasteiger partial charge in [-0.25, -0.2) is 9.50 Å². The van der Waals surface area contributed by atoms with E-state index < -0.39 is 0 Å². The molecule has 25 heavy (non-hydrogen) atoms. The minimum absolute atomic E-state index is 0.188. The molecule has 132 valence electrons. The molecule has 7 nitrogen and oxygen atoms in total. The van der Waals surface area contributed by atoms with Crippen LogP contribution in [0.15, 0.2) is 30.9 Å². The molecule has 0 spiro atoms. The third kappa shape index (κ3) is 3.48. The lowest BCUT2D eigenvalue weighted by Gasteiger charge is -2.28. The molecule has 1 saturated carbocycles. The highest BCUT2D eigenvalue weighted by Gasteiger charge is 2.22. The number of hydrogen-bond donors (Lipinski definition) is 2. The Morgan fingerprint density at radius 1 is 1.28 bits per heavy atom. The lowest BCUT2D eigenvalue weighted by Crippen LogP contribution is -2.18. The highest BCUT2D eigenvalue weighted by Crippen LogP contribution is 2.34. The van der Waals surface area contributed by atoms with E-state index in [-0.39, 0.29) is 5.28 Å². The zero-order valence-electron chi connectivity index (χ0n) is 13.8. The van der Waals surface area contributed by atoms with E-state index in [0.29, 0.717) is 24.4 Å². The van der Waals surface area contributed by atoms with Gasteiger partial charge in [0, 0.05) is 25.0 Å². The predicted octanol–water partition coefficient (Wildman–Crippen LogP) is 3.44. The van der Waals surface area contributed by atoms with Crippen LogP contribution in [0.3, 0.4) is 0 Å². The molecule has 0 aliphatic heterocycles. The van der Waals surface area contributed by atoms with Crippen molar-refractivity contribution in [3.63, 3.8) is 0 Å². The van der Waals surface area contributed by atoms with Crippen molar-refractivity contribution < 1.29 is 5.11 Å². The molecule has 1 aliphatic rings. The summed E-state index contributed by atoms with van der Waals surface area (Å²) in [6, 6.07) is 4.30. The molecule has 1 fully saturated rings. The first-order valence-corrected chi connectivity index (χ1v) is 9.03. The second-order valence-electron chi connectivity index (χ2n) is 6.59. The SMILES string of the molecule is OCCC1CCC(n2cnc(Nc3nc(Cl)nn4cccc34)c2)CC1. The Kier molecular flexibility index (Phi) is 4.59. The lowest BCUT2D eigenvalue weighted by molar-refractivity contribution is 0.207. The molecule has 0 unspecified atom stereocenters. The van der Waals surface area contributed by atoms with Gasteiger partial charge in [-0.2, -0.15) is 4.98 Å². The summed E-state index contributed by atoms with van der Waals surface area (Å²) < 4.78 is 3.87. The molecule has 0 radical (unpaired) electrons. The van der Waals surface area contributed by atoms with Gasteiger partial charge in [0.2, 0.25) is 5.28 Å². The summed E-state index contributed by atoms with van der Waals surface area (Å²) in [7, 11) is 0. The van der Waals surface area contributed by atoms with Crippen LogP contribution in [0.2, 0.25) is 5.28 Å². The smallest absolute Gasteiger partial charge is 0.243 e. The summed E-state index contributed by atoms with van der Waals surface area (Å²) >= 11 is 5.99. The maximum absolute atomic E-state index is 9.08. The summed E-state index contributed by atoms with van der Waals surface area (Å²) in [5, 5.41) is 16.6. The molecule has 1 aliphatic carbocycles. The van der Waals surface area contributed by atoms with Crippen molar-refractivity contribution in [2.75, 3.05) is 11.9 Å². The number of fused-ring (bicyclic) bond motifs is 1. The summed E-state index contributed by atoms with van der Waals surface area (Å²) in [4.78, 5) is 8.73. The predicted molar refractivity (Wildman–Crippen MR) is 96.2 cm³/mol. The van der Waals surface area contributed by atoms with E-state index in [4.69, 9.17) is 16.7 Å². The van der Waals surface area contributed by atoms with Crippen molar-refractivity contribution >= 4 is 28.8 Å². The summed E-state index contributed by atoms with van der Waals surface area (Å²) in [6.07, 6.45) is 11.2. The fraction of sp³-hybridized carbons (Fsp3) is 0.471. The fourth-order valence-electron chi connectivity index (χ4n) is 3.64. The number of nitrogens with one attached hydrogen (secondary N) is 1. The van der Waals surface area contributed by atoms with Crippen LogP contribution in [0.1, 0.15) is 38.1 Å². The van der Waals surface area contributed by atoms with E-state index in [9.17, 15) is 0 Å². The third-order valence-electron chi connectivity index (χ3n) is 4.99. The molecule has 0 amide bonds. The van der Waals surface area contributed by atoms with Crippen LogP contribution in [0, 0.1) is 5.92 Å². The Balaban J connectivity index is 1.47. The van der Waals surface area contributed by atoms with Crippen LogP contribution in [-0.4, -0.2) is 35.9 Å². The van der Waals surface area contributed by atoms with Crippen molar-refractivity contribution in [1.29, 1.82) is 0 Å². The first kappa shape index (κ1) is 16.4. The molecule has 4 rings (SSSR count). The van der Waals surface area contributed by atoms with Gasteiger partial charge in [-0.05, 0) is 61.8 Å². The highest BCUT2D eigenvalue weighted by atomic mass is 35.5. The van der Waals surface area contributed by atoms with Crippen molar-refractivity contribution in [3.05, 3.63) is 36.1 Å². The summed E-state index contributed by atoms with van der Waals surface area (Å²) in [5.41, 5.74) is 0.850. The van der Waals surface area contributed by atoms with E-state index in [1.807, 2.05) is 30.9 Å². The van der Waals surface area contributed by atoms with Gasteiger partial charge in [-0.15, -0.1) is 5.10 Å². The minimum Gasteiger partial charge on any atom is -0.396 e. The van der Waals surface area contributed by atoms with E-state index in [0.717, 1.165) is 30.6 Å². The number of aromatic nitrogens is 5. The molecule has 3 aromatic rings. The molecule has 0 bridgehead atoms. The number of nitrogens with zero attached hydrogens (tertiary/aromatic N) is 5. The maximum Gasteiger partial charge on any atom is 0.243 e. The van der Waals surface area contributed by atoms with E-state index >= 15 is 0 Å². The second-order valence-corrected chi connectivity index (χ2v) is 6.92. The van der Waals surface area contributed by atoms with E-state index in [1.165, 1.54) is 12.8 Å². The van der Waals surface area contributed by atoms with Gasteiger partial charge < -0.3 is 15.0 Å². The Morgan fingerprint density at radius 2 is 2.12 bits per heavy atom. The third-order valence-corrected chi connectivity index (χ3v) is 5.15. The number of hydrogen-bond acceptors (Lipinski definition) is 5. The van der Waals surface area contributed by atoms with Gasteiger partial charge in [-0.3, -0.25) is 0 Å². The average Bonchev–Trinajstić information content (AvgIpc) is 3.25. The van der Waals surface area contributed by atoms with Gasteiger partial charge in [0.25, 0.3) is 0 Å². The number of halogens is 1. The zero-order valence-corrected chi connectivity index (χ0v) is 14.6. The molecule has 0 aromatic carbocycles. The lowest BCUT2D eigenvalue weighted by atomic mass is 9.84. The van der Waals surface area contributed by atoms with Gasteiger partial charge in [0.15, 0.2) is 5.82 Å². The molecule has 8 heteroatoms. The van der Waals surface area contributed by atoms with Crippen molar-refractivity contribution in [2.24, 2.45) is 5.92 Å². The average molecular weight is 361 g/mol. The standard InChI is InChI=1S/C17H21ClN6O/c18-17-21-16(14-2-1-8-24(14)22-17)20-15-10-23(11-19-15)13-5-3-12(4-6-13)7-9-25/h1-2,8,10-13,25H,3-7,9H2,(H,20,21,22). The number of imidazole rings is 1. The Hall–Kier alpha value is -2.12. The van der Waals surface area contributed by atoms with Crippen molar-refractivity contribution in [1.82, 2.24) is 24.1 Å². The monoisotopic (exact) mass is 360 g/mol. The molecule has 3 aromatic heterocycles. The van der Waals surface area contributed by atoms with Gasteiger partial charge >= 0.3 is 0 Å². The van der Waals surface area contributed by atoms with Crippen LogP contribution < -0.4 is 5.32 Å². The van der Waals surface area contributed by atoms with Crippen LogP contribution in [0.4, 0.5) is 11.6 Å². The maximum atomic E-state index is 9.08. The fourth-order valence-corrected chi connectivity index (χ4v) is 3.80. The Labute approximate surface area is 150 Å². The van der Waals surface area contributed by atoms with Gasteiger partial charge in [0.1, 0.15) is 11.3 Å². The topological polar surface area (TPSA) is 80.3 Å². The molecule has 0 atom stereocenters. The van der Waals surface area contributed by atoms with Crippen LogP contribution in [-0.2, 0) is 0 Å². The normalized spacial score (nSPS) is 20.9. The van der Waals surface area contributed by atoms with Crippen LogP contribution in [0.25, 0.3) is 5.52 Å². The first-order valence-electron chi connectivity index (χ1n) is 8.65.